The fourth-order valence-corrected chi connectivity index (χ4v) is 1.20. The van der Waals surface area contributed by atoms with E-state index in [0.29, 0.717) is 12.8 Å². The number of rotatable bonds is 5. The van der Waals surface area contributed by atoms with E-state index in [2.05, 4.69) is 0 Å². The van der Waals surface area contributed by atoms with Crippen LogP contribution in [0.2, 0.25) is 0 Å². The summed E-state index contributed by atoms with van der Waals surface area (Å²) in [6.07, 6.45) is 1.06. The van der Waals surface area contributed by atoms with Gasteiger partial charge in [-0.2, -0.15) is 0 Å². The van der Waals surface area contributed by atoms with Crippen molar-refractivity contribution in [2.24, 2.45) is 11.8 Å². The van der Waals surface area contributed by atoms with Crippen molar-refractivity contribution in [3.63, 3.8) is 0 Å². The molecular weight excluding hydrogens is 152 g/mol. The summed E-state index contributed by atoms with van der Waals surface area (Å²) in [5.74, 6) is 0.151. The minimum Gasteiger partial charge on any atom is -0.299 e. The van der Waals surface area contributed by atoms with Gasteiger partial charge in [0.05, 0.1) is 0 Å². The van der Waals surface area contributed by atoms with Crippen LogP contribution in [-0.4, -0.2) is 11.6 Å². The van der Waals surface area contributed by atoms with E-state index in [0.717, 1.165) is 0 Å². The van der Waals surface area contributed by atoms with Gasteiger partial charge < -0.3 is 0 Å². The zero-order valence-corrected chi connectivity index (χ0v) is 8.39. The molecule has 0 heterocycles. The van der Waals surface area contributed by atoms with Crippen LogP contribution >= 0.6 is 0 Å². The summed E-state index contributed by atoms with van der Waals surface area (Å²) in [6.45, 7) is 7.35. The molecule has 0 aromatic carbocycles. The number of carbonyl (C=O) groups is 2. The van der Waals surface area contributed by atoms with E-state index in [1.54, 1.807) is 0 Å². The zero-order chi connectivity index (χ0) is 9.72. The Kier molecular flexibility index (Phi) is 4.79. The third-order valence-electron chi connectivity index (χ3n) is 2.46. The Morgan fingerprint density at radius 1 is 0.917 bits per heavy atom. The maximum absolute atomic E-state index is 11.2. The van der Waals surface area contributed by atoms with E-state index in [4.69, 9.17) is 0 Å². The van der Waals surface area contributed by atoms with Gasteiger partial charge in [-0.25, -0.2) is 0 Å². The standard InChI is InChI=1S/C10H18O2/c1-5-9(11)7(3)8(4)10(12)6-2/h7-8H,5-6H2,1-4H3/t7-,8+. The predicted octanol–water partition coefficient (Wildman–Crippen LogP) is 2.22. The summed E-state index contributed by atoms with van der Waals surface area (Å²) in [5.41, 5.74) is 0. The summed E-state index contributed by atoms with van der Waals surface area (Å²) in [4.78, 5) is 22.4. The van der Waals surface area contributed by atoms with Crippen molar-refractivity contribution in [2.45, 2.75) is 40.5 Å². The van der Waals surface area contributed by atoms with Crippen LogP contribution in [0.25, 0.3) is 0 Å². The molecule has 70 valence electrons. The van der Waals surface area contributed by atoms with E-state index in [1.165, 1.54) is 0 Å². The van der Waals surface area contributed by atoms with Crippen molar-refractivity contribution in [1.82, 2.24) is 0 Å². The van der Waals surface area contributed by atoms with Crippen molar-refractivity contribution < 1.29 is 9.59 Å². The molecule has 0 aliphatic carbocycles. The average Bonchev–Trinajstić information content (AvgIpc) is 2.12. The molecule has 0 aromatic heterocycles. The molecule has 2 heteroatoms. The molecular formula is C10H18O2. The van der Waals surface area contributed by atoms with Gasteiger partial charge in [0, 0.05) is 24.7 Å². The number of hydrogen-bond donors (Lipinski definition) is 0. The van der Waals surface area contributed by atoms with Gasteiger partial charge in [0.2, 0.25) is 0 Å². The fraction of sp³-hybridized carbons (Fsp3) is 0.800. The molecule has 0 aliphatic rings. The Bertz CT molecular complexity index is 153. The van der Waals surface area contributed by atoms with Crippen LogP contribution in [0.4, 0.5) is 0 Å². The summed E-state index contributed by atoms with van der Waals surface area (Å²) in [7, 11) is 0. The average molecular weight is 170 g/mol. The molecule has 0 saturated carbocycles. The summed E-state index contributed by atoms with van der Waals surface area (Å²) in [6, 6.07) is 0. The molecule has 0 aromatic rings. The van der Waals surface area contributed by atoms with Crippen LogP contribution in [0.5, 0.6) is 0 Å². The van der Waals surface area contributed by atoms with E-state index < -0.39 is 0 Å². The third-order valence-corrected chi connectivity index (χ3v) is 2.46. The first kappa shape index (κ1) is 11.3. The summed E-state index contributed by atoms with van der Waals surface area (Å²) >= 11 is 0. The van der Waals surface area contributed by atoms with Crippen LogP contribution < -0.4 is 0 Å². The SMILES string of the molecule is CCC(=O)[C@@H](C)[C@@H](C)C(=O)CC. The minimum atomic E-state index is -0.109. The van der Waals surface area contributed by atoms with Gasteiger partial charge >= 0.3 is 0 Å². The van der Waals surface area contributed by atoms with Crippen molar-refractivity contribution >= 4 is 11.6 Å². The number of carbonyl (C=O) groups excluding carboxylic acids is 2. The molecule has 2 nitrogen and oxygen atoms in total. The lowest BCUT2D eigenvalue weighted by Gasteiger charge is -2.15. The van der Waals surface area contributed by atoms with Gasteiger partial charge in [-0.1, -0.05) is 27.7 Å². The quantitative estimate of drug-likeness (QED) is 0.634. The second-order valence-electron chi connectivity index (χ2n) is 3.22. The van der Waals surface area contributed by atoms with E-state index in [-0.39, 0.29) is 23.4 Å². The van der Waals surface area contributed by atoms with Crippen molar-refractivity contribution in [1.29, 1.82) is 0 Å². The molecule has 0 aliphatic heterocycles. The molecule has 0 unspecified atom stereocenters. The molecule has 0 bridgehead atoms. The lowest BCUT2D eigenvalue weighted by molar-refractivity contribution is -0.130. The second kappa shape index (κ2) is 5.07. The summed E-state index contributed by atoms with van der Waals surface area (Å²) < 4.78 is 0. The van der Waals surface area contributed by atoms with Crippen LogP contribution in [0, 0.1) is 11.8 Å². The molecule has 0 saturated heterocycles. The van der Waals surface area contributed by atoms with Crippen molar-refractivity contribution in [3.05, 3.63) is 0 Å². The molecule has 12 heavy (non-hydrogen) atoms. The van der Waals surface area contributed by atoms with Gasteiger partial charge in [0.1, 0.15) is 11.6 Å². The van der Waals surface area contributed by atoms with E-state index in [1.807, 2.05) is 27.7 Å². The zero-order valence-electron chi connectivity index (χ0n) is 8.39. The van der Waals surface area contributed by atoms with Crippen LogP contribution in [0.1, 0.15) is 40.5 Å². The second-order valence-corrected chi connectivity index (χ2v) is 3.22. The Morgan fingerprint density at radius 2 is 1.17 bits per heavy atom. The fourth-order valence-electron chi connectivity index (χ4n) is 1.20. The first-order valence-corrected chi connectivity index (χ1v) is 4.59. The number of ketones is 2. The summed E-state index contributed by atoms with van der Waals surface area (Å²) in [5, 5.41) is 0. The number of hydrogen-bond acceptors (Lipinski definition) is 2. The Balaban J connectivity index is 4.18. The molecule has 2 atom stereocenters. The Morgan fingerprint density at radius 3 is 1.33 bits per heavy atom. The van der Waals surface area contributed by atoms with Gasteiger partial charge in [0.25, 0.3) is 0 Å². The number of Topliss-reactive ketones (excluding diaryl/α,β-unsaturated/α-hetero) is 2. The van der Waals surface area contributed by atoms with Crippen molar-refractivity contribution in [3.8, 4) is 0 Å². The van der Waals surface area contributed by atoms with Crippen LogP contribution in [0.3, 0.4) is 0 Å². The largest absolute Gasteiger partial charge is 0.299 e. The van der Waals surface area contributed by atoms with Gasteiger partial charge in [0.15, 0.2) is 0 Å². The maximum Gasteiger partial charge on any atom is 0.136 e. The van der Waals surface area contributed by atoms with Gasteiger partial charge in [-0.05, 0) is 0 Å². The monoisotopic (exact) mass is 170 g/mol. The lowest BCUT2D eigenvalue weighted by atomic mass is 9.87. The highest BCUT2D eigenvalue weighted by molar-refractivity contribution is 5.89. The van der Waals surface area contributed by atoms with Gasteiger partial charge in [-0.15, -0.1) is 0 Å². The van der Waals surface area contributed by atoms with E-state index in [9.17, 15) is 9.59 Å². The minimum absolute atomic E-state index is 0.109. The smallest absolute Gasteiger partial charge is 0.136 e. The Hall–Kier alpha value is -0.660. The highest BCUT2D eigenvalue weighted by Gasteiger charge is 2.23. The first-order valence-electron chi connectivity index (χ1n) is 4.59. The van der Waals surface area contributed by atoms with E-state index >= 15 is 0 Å². The molecule has 0 radical (unpaired) electrons. The van der Waals surface area contributed by atoms with Gasteiger partial charge in [-0.3, -0.25) is 9.59 Å². The first-order chi connectivity index (χ1) is 5.54. The topological polar surface area (TPSA) is 34.1 Å². The van der Waals surface area contributed by atoms with Crippen molar-refractivity contribution in [2.75, 3.05) is 0 Å². The van der Waals surface area contributed by atoms with Crippen LogP contribution in [0.15, 0.2) is 0 Å². The third kappa shape index (κ3) is 2.76. The molecule has 0 N–H and O–H groups in total. The molecule has 0 spiro atoms. The lowest BCUT2D eigenvalue weighted by Crippen LogP contribution is -2.24. The molecule has 0 rings (SSSR count). The predicted molar refractivity (Wildman–Crippen MR) is 48.9 cm³/mol. The maximum atomic E-state index is 11.2. The molecule has 0 fully saturated rings. The Labute approximate surface area is 74.3 Å². The highest BCUT2D eigenvalue weighted by atomic mass is 16.1. The highest BCUT2D eigenvalue weighted by Crippen LogP contribution is 2.15. The molecule has 0 amide bonds. The van der Waals surface area contributed by atoms with Crippen LogP contribution in [-0.2, 0) is 9.59 Å². The normalized spacial score (nSPS) is 15.3.